The summed E-state index contributed by atoms with van der Waals surface area (Å²) in [5, 5.41) is 1.52. The normalized spacial score (nSPS) is 13.4. The molecule has 0 fully saturated rings. The van der Waals surface area contributed by atoms with E-state index in [0.29, 0.717) is 0 Å². The van der Waals surface area contributed by atoms with Crippen LogP contribution in [0.2, 0.25) is 0 Å². The summed E-state index contributed by atoms with van der Waals surface area (Å²) in [7, 11) is 1.13. The van der Waals surface area contributed by atoms with E-state index in [1.165, 1.54) is 5.32 Å². The van der Waals surface area contributed by atoms with E-state index < -0.39 is 30.5 Å². The van der Waals surface area contributed by atoms with Gasteiger partial charge in [0.25, 0.3) is 0 Å². The summed E-state index contributed by atoms with van der Waals surface area (Å²) in [6.07, 6.45) is -6.13. The van der Waals surface area contributed by atoms with Gasteiger partial charge in [0.05, 0.1) is 12.4 Å². The van der Waals surface area contributed by atoms with Gasteiger partial charge in [0.15, 0.2) is 5.78 Å². The van der Waals surface area contributed by atoms with Crippen LogP contribution in [0.15, 0.2) is 0 Å². The van der Waals surface area contributed by atoms with Crippen molar-refractivity contribution in [3.05, 3.63) is 0 Å². The van der Waals surface area contributed by atoms with E-state index >= 15 is 0 Å². The van der Waals surface area contributed by atoms with Gasteiger partial charge in [-0.3, -0.25) is 9.59 Å². The van der Waals surface area contributed by atoms with Crippen molar-refractivity contribution in [3.63, 3.8) is 0 Å². The summed E-state index contributed by atoms with van der Waals surface area (Å²) in [5.74, 6) is -3.10. The number of ketones is 1. The highest BCUT2D eigenvalue weighted by atomic mass is 35.5. The SMILES string of the molecule is COC(CNC(=O)C(F)(F)F)C(=O)CCl. The van der Waals surface area contributed by atoms with Gasteiger partial charge in [-0.2, -0.15) is 13.2 Å². The average molecular weight is 248 g/mol. The molecule has 0 spiro atoms. The monoisotopic (exact) mass is 247 g/mol. The molecule has 0 saturated heterocycles. The second kappa shape index (κ2) is 5.92. The Balaban J connectivity index is 4.13. The standard InChI is InChI=1S/C7H9ClF3NO3/c1-15-5(4(13)2-8)3-12-6(14)7(9,10)11/h5H,2-3H2,1H3,(H,12,14). The molecular weight excluding hydrogens is 239 g/mol. The van der Waals surface area contributed by atoms with Gasteiger partial charge in [-0.1, -0.05) is 0 Å². The van der Waals surface area contributed by atoms with Crippen molar-refractivity contribution in [2.24, 2.45) is 0 Å². The first-order valence-corrected chi connectivity index (χ1v) is 4.32. The summed E-state index contributed by atoms with van der Waals surface area (Å²) >= 11 is 5.17. The fourth-order valence-corrected chi connectivity index (χ4v) is 0.872. The molecule has 0 aliphatic heterocycles. The predicted octanol–water partition coefficient (Wildman–Crippen LogP) is 0.488. The Hall–Kier alpha value is -0.820. The fraction of sp³-hybridized carbons (Fsp3) is 0.714. The molecule has 0 radical (unpaired) electrons. The number of halogens is 4. The van der Waals surface area contributed by atoms with Crippen LogP contribution in [0.5, 0.6) is 0 Å². The highest BCUT2D eigenvalue weighted by molar-refractivity contribution is 6.28. The molecule has 1 N–H and O–H groups in total. The van der Waals surface area contributed by atoms with Crippen molar-refractivity contribution >= 4 is 23.3 Å². The van der Waals surface area contributed by atoms with Crippen LogP contribution in [0.25, 0.3) is 0 Å². The molecule has 0 aliphatic rings. The summed E-state index contributed by atoms with van der Waals surface area (Å²) < 4.78 is 39.7. The van der Waals surface area contributed by atoms with Gasteiger partial charge in [-0.15, -0.1) is 11.6 Å². The van der Waals surface area contributed by atoms with Crippen LogP contribution in [0.4, 0.5) is 13.2 Å². The number of carbonyl (C=O) groups excluding carboxylic acids is 2. The number of nitrogens with one attached hydrogen (secondary N) is 1. The second-order valence-electron chi connectivity index (χ2n) is 2.53. The fourth-order valence-electron chi connectivity index (χ4n) is 0.700. The zero-order chi connectivity index (χ0) is 12.1. The van der Waals surface area contributed by atoms with Gasteiger partial charge in [0.2, 0.25) is 0 Å². The molecule has 0 rings (SSSR count). The van der Waals surface area contributed by atoms with Crippen LogP contribution in [-0.4, -0.2) is 43.5 Å². The van der Waals surface area contributed by atoms with Gasteiger partial charge in [0, 0.05) is 7.11 Å². The number of carbonyl (C=O) groups is 2. The smallest absolute Gasteiger partial charge is 0.372 e. The van der Waals surface area contributed by atoms with Gasteiger partial charge in [-0.05, 0) is 0 Å². The Bertz CT molecular complexity index is 244. The van der Waals surface area contributed by atoms with E-state index in [1.807, 2.05) is 0 Å². The zero-order valence-corrected chi connectivity index (χ0v) is 8.48. The van der Waals surface area contributed by atoms with Crippen molar-refractivity contribution in [1.29, 1.82) is 0 Å². The lowest BCUT2D eigenvalue weighted by molar-refractivity contribution is -0.174. The Morgan fingerprint density at radius 2 is 2.00 bits per heavy atom. The van der Waals surface area contributed by atoms with Gasteiger partial charge in [0.1, 0.15) is 6.10 Å². The molecule has 1 atom stereocenters. The summed E-state index contributed by atoms with van der Waals surface area (Å²) in [5.41, 5.74) is 0. The molecule has 0 heterocycles. The van der Waals surface area contributed by atoms with Gasteiger partial charge >= 0.3 is 12.1 Å². The summed E-state index contributed by atoms with van der Waals surface area (Å²) in [6, 6.07) is 0. The summed E-state index contributed by atoms with van der Waals surface area (Å²) in [4.78, 5) is 21.3. The Morgan fingerprint density at radius 1 is 1.47 bits per heavy atom. The second-order valence-corrected chi connectivity index (χ2v) is 2.80. The molecule has 1 unspecified atom stereocenters. The number of Topliss-reactive ketones (excluding diaryl/α,β-unsaturated/α-hetero) is 1. The first-order chi connectivity index (χ1) is 6.82. The molecule has 0 aromatic rings. The molecule has 0 saturated carbocycles. The third-order valence-electron chi connectivity index (χ3n) is 1.48. The molecule has 0 aromatic heterocycles. The average Bonchev–Trinajstić information content (AvgIpc) is 2.16. The molecule has 15 heavy (non-hydrogen) atoms. The van der Waals surface area contributed by atoms with Crippen LogP contribution >= 0.6 is 11.6 Å². The minimum atomic E-state index is -4.97. The maximum absolute atomic E-state index is 11.7. The minimum Gasteiger partial charge on any atom is -0.372 e. The largest absolute Gasteiger partial charge is 0.471 e. The number of hydrogen-bond acceptors (Lipinski definition) is 3. The third kappa shape index (κ3) is 4.98. The number of rotatable bonds is 5. The van der Waals surface area contributed by atoms with Crippen molar-refractivity contribution in [1.82, 2.24) is 5.32 Å². The van der Waals surface area contributed by atoms with Gasteiger partial charge in [-0.25, -0.2) is 0 Å². The van der Waals surface area contributed by atoms with E-state index in [1.54, 1.807) is 0 Å². The molecule has 8 heteroatoms. The lowest BCUT2D eigenvalue weighted by Gasteiger charge is -2.14. The highest BCUT2D eigenvalue weighted by Crippen LogP contribution is 2.13. The number of alkyl halides is 4. The van der Waals surface area contributed by atoms with E-state index in [9.17, 15) is 22.8 Å². The first kappa shape index (κ1) is 14.2. The van der Waals surface area contributed by atoms with Crippen molar-refractivity contribution in [2.75, 3.05) is 19.5 Å². The Morgan fingerprint density at radius 3 is 2.33 bits per heavy atom. The minimum absolute atomic E-state index is 0.388. The summed E-state index contributed by atoms with van der Waals surface area (Å²) in [6.45, 7) is -0.555. The van der Waals surface area contributed by atoms with E-state index in [2.05, 4.69) is 4.74 Å². The number of methoxy groups -OCH3 is 1. The van der Waals surface area contributed by atoms with Crippen LogP contribution < -0.4 is 5.32 Å². The van der Waals surface area contributed by atoms with Crippen molar-refractivity contribution in [3.8, 4) is 0 Å². The van der Waals surface area contributed by atoms with Crippen molar-refractivity contribution < 1.29 is 27.5 Å². The molecular formula is C7H9ClF3NO3. The van der Waals surface area contributed by atoms with E-state index in [0.717, 1.165) is 7.11 Å². The first-order valence-electron chi connectivity index (χ1n) is 3.79. The maximum Gasteiger partial charge on any atom is 0.471 e. The Labute approximate surface area is 88.7 Å². The quantitative estimate of drug-likeness (QED) is 0.720. The van der Waals surface area contributed by atoms with E-state index in [-0.39, 0.29) is 5.88 Å². The molecule has 88 valence electrons. The Kier molecular flexibility index (Phi) is 5.59. The molecule has 0 aliphatic carbocycles. The van der Waals surface area contributed by atoms with Crippen molar-refractivity contribution in [2.45, 2.75) is 12.3 Å². The predicted molar refractivity (Wildman–Crippen MR) is 45.6 cm³/mol. The topological polar surface area (TPSA) is 55.4 Å². The number of ether oxygens (including phenoxy) is 1. The van der Waals surface area contributed by atoms with Crippen LogP contribution in [0.3, 0.4) is 0 Å². The lowest BCUT2D eigenvalue weighted by atomic mass is 10.2. The zero-order valence-electron chi connectivity index (χ0n) is 7.73. The molecule has 0 aromatic carbocycles. The lowest BCUT2D eigenvalue weighted by Crippen LogP contribution is -2.43. The molecule has 4 nitrogen and oxygen atoms in total. The highest BCUT2D eigenvalue weighted by Gasteiger charge is 2.38. The maximum atomic E-state index is 11.7. The van der Waals surface area contributed by atoms with Crippen LogP contribution in [-0.2, 0) is 14.3 Å². The number of amides is 1. The van der Waals surface area contributed by atoms with E-state index in [4.69, 9.17) is 11.6 Å². The van der Waals surface area contributed by atoms with Crippen LogP contribution in [0, 0.1) is 0 Å². The van der Waals surface area contributed by atoms with Crippen LogP contribution in [0.1, 0.15) is 0 Å². The number of hydrogen-bond donors (Lipinski definition) is 1. The van der Waals surface area contributed by atoms with Gasteiger partial charge < -0.3 is 10.1 Å². The third-order valence-corrected chi connectivity index (χ3v) is 1.74. The molecule has 1 amide bonds. The molecule has 0 bridgehead atoms.